The number of carbonyl (C=O) groups is 2. The molecule has 0 radical (unpaired) electrons. The third kappa shape index (κ3) is 6.04. The number of aliphatic carboxylic acids is 1. The summed E-state index contributed by atoms with van der Waals surface area (Å²) >= 11 is 0. The van der Waals surface area contributed by atoms with Crippen LogP contribution in [0.5, 0.6) is 0 Å². The number of hydrogen-bond acceptors (Lipinski definition) is 3. The van der Waals surface area contributed by atoms with Gasteiger partial charge in [-0.1, -0.05) is 33.6 Å². The van der Waals surface area contributed by atoms with Gasteiger partial charge in [0, 0.05) is 13.0 Å². The summed E-state index contributed by atoms with van der Waals surface area (Å²) in [4.78, 5) is 22.9. The van der Waals surface area contributed by atoms with E-state index in [0.29, 0.717) is 18.9 Å². The molecule has 122 valence electrons. The Hall–Kier alpha value is -1.10. The van der Waals surface area contributed by atoms with Crippen molar-refractivity contribution in [1.82, 2.24) is 5.32 Å². The Labute approximate surface area is 127 Å². The number of hydrogen-bond donors (Lipinski definition) is 3. The second-order valence-electron chi connectivity index (χ2n) is 7.42. The van der Waals surface area contributed by atoms with Crippen molar-refractivity contribution in [1.29, 1.82) is 0 Å². The summed E-state index contributed by atoms with van der Waals surface area (Å²) in [7, 11) is 0. The molecule has 1 saturated carbocycles. The van der Waals surface area contributed by atoms with Gasteiger partial charge in [-0.2, -0.15) is 0 Å². The summed E-state index contributed by atoms with van der Waals surface area (Å²) in [6.45, 7) is 6.76. The molecule has 0 saturated heterocycles. The van der Waals surface area contributed by atoms with Gasteiger partial charge < -0.3 is 16.2 Å². The Morgan fingerprint density at radius 3 is 2.62 bits per heavy atom. The maximum atomic E-state index is 12.3. The molecule has 1 rings (SSSR count). The number of nitrogens with two attached hydrogens (primary N) is 1. The predicted octanol–water partition coefficient (Wildman–Crippen LogP) is 2.29. The van der Waals surface area contributed by atoms with Crippen LogP contribution in [0, 0.1) is 11.3 Å². The van der Waals surface area contributed by atoms with Gasteiger partial charge in [0.25, 0.3) is 0 Å². The first-order valence-corrected chi connectivity index (χ1v) is 7.94. The quantitative estimate of drug-likeness (QED) is 0.672. The van der Waals surface area contributed by atoms with Gasteiger partial charge >= 0.3 is 5.97 Å². The standard InChI is InChI=1S/C16H30N2O3/c1-12-5-4-7-16(17,11-12)14(21)18-10-9-15(2,3)8-6-13(19)20/h12H,4-11,17H2,1-3H3,(H,18,21)(H,19,20). The minimum Gasteiger partial charge on any atom is -0.481 e. The fraction of sp³-hybridized carbons (Fsp3) is 0.875. The van der Waals surface area contributed by atoms with Crippen molar-refractivity contribution in [2.75, 3.05) is 6.54 Å². The highest BCUT2D eigenvalue weighted by Gasteiger charge is 2.37. The fourth-order valence-electron chi connectivity index (χ4n) is 3.06. The lowest BCUT2D eigenvalue weighted by atomic mass is 9.76. The molecule has 0 aliphatic heterocycles. The molecule has 2 atom stereocenters. The summed E-state index contributed by atoms with van der Waals surface area (Å²) in [5.41, 5.74) is 5.44. The fourth-order valence-corrected chi connectivity index (χ4v) is 3.06. The van der Waals surface area contributed by atoms with E-state index in [9.17, 15) is 9.59 Å². The van der Waals surface area contributed by atoms with Gasteiger partial charge in [0.1, 0.15) is 0 Å². The van der Waals surface area contributed by atoms with E-state index in [1.165, 1.54) is 0 Å². The molecule has 21 heavy (non-hydrogen) atoms. The molecule has 2 unspecified atom stereocenters. The van der Waals surface area contributed by atoms with E-state index in [2.05, 4.69) is 12.2 Å². The molecule has 0 aromatic heterocycles. The van der Waals surface area contributed by atoms with Gasteiger partial charge in [-0.05, 0) is 37.0 Å². The first kappa shape index (κ1) is 18.0. The largest absolute Gasteiger partial charge is 0.481 e. The SMILES string of the molecule is CC1CCCC(N)(C(=O)NCCC(C)(C)CCC(=O)O)C1. The predicted molar refractivity (Wildman–Crippen MR) is 82.8 cm³/mol. The molecular formula is C16H30N2O3. The Kier molecular flexibility index (Phi) is 6.20. The second-order valence-corrected chi connectivity index (χ2v) is 7.42. The second kappa shape index (κ2) is 7.25. The van der Waals surface area contributed by atoms with E-state index in [1.807, 2.05) is 13.8 Å². The first-order chi connectivity index (χ1) is 9.65. The first-order valence-electron chi connectivity index (χ1n) is 7.94. The number of carbonyl (C=O) groups excluding carboxylic acids is 1. The molecule has 0 heterocycles. The van der Waals surface area contributed by atoms with E-state index in [1.54, 1.807) is 0 Å². The van der Waals surface area contributed by atoms with Crippen LogP contribution in [0.4, 0.5) is 0 Å². The molecular weight excluding hydrogens is 268 g/mol. The van der Waals surface area contributed by atoms with Crippen molar-refractivity contribution < 1.29 is 14.7 Å². The van der Waals surface area contributed by atoms with Crippen LogP contribution in [0.1, 0.15) is 65.7 Å². The van der Waals surface area contributed by atoms with Crippen molar-refractivity contribution >= 4 is 11.9 Å². The van der Waals surface area contributed by atoms with Gasteiger partial charge in [0.05, 0.1) is 5.54 Å². The zero-order valence-corrected chi connectivity index (χ0v) is 13.6. The van der Waals surface area contributed by atoms with Crippen molar-refractivity contribution in [2.45, 2.75) is 71.3 Å². The van der Waals surface area contributed by atoms with Crippen LogP contribution in [-0.4, -0.2) is 29.1 Å². The van der Waals surface area contributed by atoms with Crippen LogP contribution in [0.25, 0.3) is 0 Å². The lowest BCUT2D eigenvalue weighted by molar-refractivity contribution is -0.137. The minimum atomic E-state index is -0.774. The molecule has 0 spiro atoms. The highest BCUT2D eigenvalue weighted by atomic mass is 16.4. The Morgan fingerprint density at radius 1 is 1.38 bits per heavy atom. The Balaban J connectivity index is 2.37. The molecule has 1 fully saturated rings. The number of rotatable bonds is 7. The molecule has 0 aromatic carbocycles. The van der Waals surface area contributed by atoms with Gasteiger partial charge in [-0.3, -0.25) is 9.59 Å². The third-order valence-electron chi connectivity index (χ3n) is 4.59. The lowest BCUT2D eigenvalue weighted by Gasteiger charge is -2.35. The average Bonchev–Trinajstić information content (AvgIpc) is 2.36. The number of nitrogens with one attached hydrogen (secondary N) is 1. The molecule has 1 aliphatic carbocycles. The van der Waals surface area contributed by atoms with Gasteiger partial charge in [-0.15, -0.1) is 0 Å². The highest BCUT2D eigenvalue weighted by molar-refractivity contribution is 5.86. The van der Waals surface area contributed by atoms with Crippen LogP contribution < -0.4 is 11.1 Å². The van der Waals surface area contributed by atoms with Gasteiger partial charge in [-0.25, -0.2) is 0 Å². The van der Waals surface area contributed by atoms with E-state index in [4.69, 9.17) is 10.8 Å². The van der Waals surface area contributed by atoms with Crippen LogP contribution in [0.2, 0.25) is 0 Å². The summed E-state index contributed by atoms with van der Waals surface area (Å²) < 4.78 is 0. The Morgan fingerprint density at radius 2 is 2.05 bits per heavy atom. The summed E-state index contributed by atoms with van der Waals surface area (Å²) in [6, 6.07) is 0. The molecule has 5 nitrogen and oxygen atoms in total. The van der Waals surface area contributed by atoms with Crippen LogP contribution in [0.3, 0.4) is 0 Å². The van der Waals surface area contributed by atoms with Crippen molar-refractivity contribution in [3.63, 3.8) is 0 Å². The van der Waals surface area contributed by atoms with Crippen LogP contribution >= 0.6 is 0 Å². The molecule has 4 N–H and O–H groups in total. The zero-order chi connectivity index (χ0) is 16.1. The van der Waals surface area contributed by atoms with Crippen LogP contribution in [-0.2, 0) is 9.59 Å². The van der Waals surface area contributed by atoms with Gasteiger partial charge in [0.15, 0.2) is 0 Å². The third-order valence-corrected chi connectivity index (χ3v) is 4.59. The van der Waals surface area contributed by atoms with Gasteiger partial charge in [0.2, 0.25) is 5.91 Å². The van der Waals surface area contributed by atoms with E-state index >= 15 is 0 Å². The molecule has 1 amide bonds. The monoisotopic (exact) mass is 298 g/mol. The summed E-state index contributed by atoms with van der Waals surface area (Å²) in [5.74, 6) is -0.325. The molecule has 5 heteroatoms. The van der Waals surface area contributed by atoms with Crippen molar-refractivity contribution in [2.24, 2.45) is 17.1 Å². The molecule has 0 aromatic rings. The average molecular weight is 298 g/mol. The van der Waals surface area contributed by atoms with Crippen molar-refractivity contribution in [3.05, 3.63) is 0 Å². The van der Waals surface area contributed by atoms with Crippen molar-refractivity contribution in [3.8, 4) is 0 Å². The maximum Gasteiger partial charge on any atom is 0.303 e. The van der Waals surface area contributed by atoms with E-state index < -0.39 is 11.5 Å². The molecule has 1 aliphatic rings. The van der Waals surface area contributed by atoms with E-state index in [0.717, 1.165) is 32.1 Å². The summed E-state index contributed by atoms with van der Waals surface area (Å²) in [6.07, 6.45) is 5.20. The maximum absolute atomic E-state index is 12.3. The lowest BCUT2D eigenvalue weighted by Crippen LogP contribution is -2.56. The van der Waals surface area contributed by atoms with E-state index in [-0.39, 0.29) is 17.7 Å². The topological polar surface area (TPSA) is 92.4 Å². The normalized spacial score (nSPS) is 26.4. The zero-order valence-electron chi connectivity index (χ0n) is 13.6. The minimum absolute atomic E-state index is 0.0527. The Bertz CT molecular complexity index is 382. The summed E-state index contributed by atoms with van der Waals surface area (Å²) in [5, 5.41) is 11.7. The number of carboxylic acid groups (broad SMARTS) is 1. The van der Waals surface area contributed by atoms with Crippen LogP contribution in [0.15, 0.2) is 0 Å². The number of amides is 1. The smallest absolute Gasteiger partial charge is 0.303 e. The molecule has 0 bridgehead atoms. The number of carboxylic acids is 1. The highest BCUT2D eigenvalue weighted by Crippen LogP contribution is 2.31.